The number of ether oxygens (including phenoxy) is 1. The number of tetrazole rings is 1. The Balaban J connectivity index is 1.38. The zero-order valence-electron chi connectivity index (χ0n) is 14.3. The number of carbonyl (C=O) groups excluding carboxylic acids is 1. The van der Waals surface area contributed by atoms with Gasteiger partial charge in [-0.25, -0.2) is 0 Å². The van der Waals surface area contributed by atoms with Gasteiger partial charge in [-0.2, -0.15) is 5.21 Å². The highest BCUT2D eigenvalue weighted by molar-refractivity contribution is 5.88. The van der Waals surface area contributed by atoms with Gasteiger partial charge in [-0.05, 0) is 36.8 Å². The molecule has 4 rings (SSSR count). The molecule has 1 N–H and O–H groups in total. The van der Waals surface area contributed by atoms with E-state index in [1.807, 2.05) is 17.0 Å². The van der Waals surface area contributed by atoms with E-state index in [0.29, 0.717) is 31.4 Å². The van der Waals surface area contributed by atoms with E-state index in [-0.39, 0.29) is 12.0 Å². The zero-order valence-corrected chi connectivity index (χ0v) is 14.3. The van der Waals surface area contributed by atoms with E-state index >= 15 is 0 Å². The Labute approximate surface area is 146 Å². The van der Waals surface area contributed by atoms with Crippen LogP contribution in [-0.2, 0) is 21.6 Å². The lowest BCUT2D eigenvalue weighted by Crippen LogP contribution is -2.54. The molecule has 1 saturated heterocycles. The van der Waals surface area contributed by atoms with Crippen LogP contribution in [0.2, 0.25) is 0 Å². The van der Waals surface area contributed by atoms with Gasteiger partial charge in [0.1, 0.15) is 5.41 Å². The number of aromatic amines is 1. The second-order valence-electron chi connectivity index (χ2n) is 7.17. The van der Waals surface area contributed by atoms with Crippen LogP contribution < -0.4 is 0 Å². The summed E-state index contributed by atoms with van der Waals surface area (Å²) in [6.45, 7) is 4.00. The van der Waals surface area contributed by atoms with Crippen LogP contribution in [0.5, 0.6) is 0 Å². The fraction of sp³-hybridized carbons (Fsp3) is 0.588. The van der Waals surface area contributed by atoms with E-state index in [1.54, 1.807) is 12.4 Å². The van der Waals surface area contributed by atoms with Crippen molar-refractivity contribution in [2.45, 2.75) is 44.3 Å². The van der Waals surface area contributed by atoms with Crippen LogP contribution in [0.25, 0.3) is 0 Å². The standard InChI is InChI=1S/C17H22N6O2/c1-12-7-17(8-12,15-19-21-22-20-15)16(24)23-6-4-14(10-23)25-11-13-3-2-5-18-9-13/h2-3,5,9,12,14H,4,6-8,10-11H2,1H3,(H,19,20,21,22). The summed E-state index contributed by atoms with van der Waals surface area (Å²) >= 11 is 0. The number of nitrogens with one attached hydrogen (secondary N) is 1. The van der Waals surface area contributed by atoms with Crippen molar-refractivity contribution < 1.29 is 9.53 Å². The molecule has 0 spiro atoms. The van der Waals surface area contributed by atoms with Gasteiger partial charge in [0, 0.05) is 25.5 Å². The Morgan fingerprint density at radius 2 is 2.36 bits per heavy atom. The van der Waals surface area contributed by atoms with E-state index < -0.39 is 5.41 Å². The molecule has 2 aromatic heterocycles. The molecular formula is C17H22N6O2. The highest BCUT2D eigenvalue weighted by Gasteiger charge is 2.55. The maximum atomic E-state index is 13.2. The predicted molar refractivity (Wildman–Crippen MR) is 88.3 cm³/mol. The third-order valence-corrected chi connectivity index (χ3v) is 5.22. The number of H-pyrrole nitrogens is 1. The monoisotopic (exact) mass is 342 g/mol. The predicted octanol–water partition coefficient (Wildman–Crippen LogP) is 1.08. The van der Waals surface area contributed by atoms with Crippen molar-refractivity contribution in [3.8, 4) is 0 Å². The Hall–Kier alpha value is -2.35. The lowest BCUT2D eigenvalue weighted by atomic mass is 9.61. The summed E-state index contributed by atoms with van der Waals surface area (Å²) in [7, 11) is 0. The topological polar surface area (TPSA) is 96.9 Å². The zero-order chi connectivity index (χ0) is 17.3. The molecule has 0 aromatic carbocycles. The van der Waals surface area contributed by atoms with Crippen molar-refractivity contribution in [3.05, 3.63) is 35.9 Å². The van der Waals surface area contributed by atoms with Gasteiger partial charge in [0.05, 0.1) is 12.7 Å². The van der Waals surface area contributed by atoms with Gasteiger partial charge < -0.3 is 9.64 Å². The molecule has 2 aliphatic rings. The molecule has 3 heterocycles. The van der Waals surface area contributed by atoms with Crippen molar-refractivity contribution in [3.63, 3.8) is 0 Å². The number of hydrogen-bond donors (Lipinski definition) is 1. The largest absolute Gasteiger partial charge is 0.372 e. The van der Waals surface area contributed by atoms with Crippen LogP contribution in [0.1, 0.15) is 37.6 Å². The third kappa shape index (κ3) is 3.02. The van der Waals surface area contributed by atoms with Crippen molar-refractivity contribution in [1.82, 2.24) is 30.5 Å². The number of aromatic nitrogens is 5. The quantitative estimate of drug-likeness (QED) is 0.873. The Morgan fingerprint density at radius 3 is 3.04 bits per heavy atom. The van der Waals surface area contributed by atoms with Crippen LogP contribution in [-0.4, -0.2) is 55.6 Å². The molecule has 1 aliphatic carbocycles. The fourth-order valence-electron chi connectivity index (χ4n) is 4.00. The number of pyridine rings is 1. The average Bonchev–Trinajstić information content (AvgIpc) is 3.29. The van der Waals surface area contributed by atoms with Gasteiger partial charge in [-0.3, -0.25) is 9.78 Å². The normalized spacial score (nSPS) is 28.8. The molecular weight excluding hydrogens is 320 g/mol. The summed E-state index contributed by atoms with van der Waals surface area (Å²) in [5, 5.41) is 14.3. The van der Waals surface area contributed by atoms with Gasteiger partial charge >= 0.3 is 0 Å². The molecule has 2 fully saturated rings. The van der Waals surface area contributed by atoms with E-state index in [4.69, 9.17) is 4.74 Å². The minimum atomic E-state index is -0.606. The number of nitrogens with zero attached hydrogens (tertiary/aromatic N) is 5. The molecule has 2 aromatic rings. The first-order valence-corrected chi connectivity index (χ1v) is 8.71. The van der Waals surface area contributed by atoms with E-state index in [1.165, 1.54) is 0 Å². The summed E-state index contributed by atoms with van der Waals surface area (Å²) in [5.74, 6) is 1.14. The van der Waals surface area contributed by atoms with Gasteiger partial charge in [-0.15, -0.1) is 10.2 Å². The number of carbonyl (C=O) groups is 1. The molecule has 0 bridgehead atoms. The number of hydrogen-bond acceptors (Lipinski definition) is 6. The third-order valence-electron chi connectivity index (χ3n) is 5.22. The lowest BCUT2D eigenvalue weighted by molar-refractivity contribution is -0.142. The highest BCUT2D eigenvalue weighted by atomic mass is 16.5. The molecule has 25 heavy (non-hydrogen) atoms. The van der Waals surface area contributed by atoms with Gasteiger partial charge in [0.25, 0.3) is 0 Å². The van der Waals surface area contributed by atoms with E-state index in [0.717, 1.165) is 24.8 Å². The molecule has 1 atom stereocenters. The minimum absolute atomic E-state index is 0.0592. The number of likely N-dealkylation sites (tertiary alicyclic amines) is 1. The van der Waals surface area contributed by atoms with Crippen molar-refractivity contribution in [2.75, 3.05) is 13.1 Å². The maximum absolute atomic E-state index is 13.2. The summed E-state index contributed by atoms with van der Waals surface area (Å²) < 4.78 is 5.96. The van der Waals surface area contributed by atoms with Crippen molar-refractivity contribution >= 4 is 5.91 Å². The molecule has 1 amide bonds. The average molecular weight is 342 g/mol. The highest BCUT2D eigenvalue weighted by Crippen LogP contribution is 2.47. The van der Waals surface area contributed by atoms with Gasteiger partial charge in [0.2, 0.25) is 5.91 Å². The van der Waals surface area contributed by atoms with Crippen molar-refractivity contribution in [2.24, 2.45) is 5.92 Å². The summed E-state index contributed by atoms with van der Waals surface area (Å²) in [6, 6.07) is 3.89. The maximum Gasteiger partial charge on any atom is 0.236 e. The van der Waals surface area contributed by atoms with Crippen LogP contribution in [0, 0.1) is 5.92 Å². The fourth-order valence-corrected chi connectivity index (χ4v) is 4.00. The van der Waals surface area contributed by atoms with Crippen LogP contribution >= 0.6 is 0 Å². The molecule has 1 aliphatic heterocycles. The van der Waals surface area contributed by atoms with Crippen LogP contribution in [0.4, 0.5) is 0 Å². The van der Waals surface area contributed by atoms with Crippen LogP contribution in [0.3, 0.4) is 0 Å². The first-order valence-electron chi connectivity index (χ1n) is 8.71. The van der Waals surface area contributed by atoms with Gasteiger partial charge in [0.15, 0.2) is 5.82 Å². The number of amides is 1. The number of rotatable bonds is 5. The lowest BCUT2D eigenvalue weighted by Gasteiger charge is -2.44. The van der Waals surface area contributed by atoms with E-state index in [2.05, 4.69) is 32.5 Å². The first-order chi connectivity index (χ1) is 12.2. The SMILES string of the molecule is CC1CC(C(=O)N2CCC(OCc3cccnc3)C2)(c2nn[nH]n2)C1. The summed E-state index contributed by atoms with van der Waals surface area (Å²) in [6.07, 6.45) is 6.02. The Kier molecular flexibility index (Phi) is 4.20. The van der Waals surface area contributed by atoms with Crippen LogP contribution in [0.15, 0.2) is 24.5 Å². The first kappa shape index (κ1) is 16.1. The molecule has 8 heteroatoms. The Morgan fingerprint density at radius 1 is 1.48 bits per heavy atom. The molecule has 0 radical (unpaired) electrons. The smallest absolute Gasteiger partial charge is 0.236 e. The minimum Gasteiger partial charge on any atom is -0.372 e. The molecule has 1 unspecified atom stereocenters. The second kappa shape index (κ2) is 6.51. The summed E-state index contributed by atoms with van der Waals surface area (Å²) in [4.78, 5) is 19.1. The Bertz CT molecular complexity index is 714. The molecule has 1 saturated carbocycles. The second-order valence-corrected chi connectivity index (χ2v) is 7.17. The van der Waals surface area contributed by atoms with E-state index in [9.17, 15) is 4.79 Å². The molecule has 8 nitrogen and oxygen atoms in total. The molecule has 132 valence electrons. The van der Waals surface area contributed by atoms with Gasteiger partial charge in [-0.1, -0.05) is 18.2 Å². The van der Waals surface area contributed by atoms with Crippen molar-refractivity contribution in [1.29, 1.82) is 0 Å². The summed E-state index contributed by atoms with van der Waals surface area (Å²) in [5.41, 5.74) is 0.438.